The number of nitrogens with zero attached hydrogens (tertiary/aromatic N) is 1. The van der Waals surface area contributed by atoms with E-state index in [0.717, 1.165) is 0 Å². The van der Waals surface area contributed by atoms with E-state index in [1.807, 2.05) is 6.92 Å². The molecule has 0 radical (unpaired) electrons. The van der Waals surface area contributed by atoms with Crippen LogP contribution in [0.15, 0.2) is 22.6 Å². The van der Waals surface area contributed by atoms with Gasteiger partial charge < -0.3 is 14.5 Å². The maximum atomic E-state index is 11.9. The number of methoxy groups -OCH3 is 1. The number of halogens is 1. The summed E-state index contributed by atoms with van der Waals surface area (Å²) in [5.41, 5.74) is 1.62. The molecule has 0 saturated heterocycles. The Bertz CT molecular complexity index is 567. The van der Waals surface area contributed by atoms with Gasteiger partial charge in [-0.2, -0.15) is 4.98 Å². The number of carbonyl (C=O) groups is 1. The summed E-state index contributed by atoms with van der Waals surface area (Å²) in [6, 6.07) is 4.93. The minimum Gasteiger partial charge on any atom is -0.428 e. The molecule has 5 nitrogen and oxygen atoms in total. The van der Waals surface area contributed by atoms with E-state index in [4.69, 9.17) is 20.8 Å². The molecule has 1 N–H and O–H groups in total. The molecular formula is C12H13ClN2O3. The predicted octanol–water partition coefficient (Wildman–Crippen LogP) is 2.25. The molecule has 6 heteroatoms. The Balaban J connectivity index is 2.17. The number of amides is 1. The van der Waals surface area contributed by atoms with Gasteiger partial charge in [0.2, 0.25) is 0 Å². The van der Waals surface area contributed by atoms with Crippen molar-refractivity contribution in [2.75, 3.05) is 13.7 Å². The number of oxazole rings is 1. The molecule has 0 fully saturated rings. The molecule has 0 aliphatic rings. The number of hydrogen-bond acceptors (Lipinski definition) is 4. The van der Waals surface area contributed by atoms with Crippen molar-refractivity contribution < 1.29 is 13.9 Å². The smallest absolute Gasteiger partial charge is 0.293 e. The number of hydrogen-bond donors (Lipinski definition) is 1. The van der Waals surface area contributed by atoms with E-state index in [-0.39, 0.29) is 17.3 Å². The van der Waals surface area contributed by atoms with Gasteiger partial charge in [0.05, 0.1) is 6.61 Å². The Morgan fingerprint density at radius 2 is 2.39 bits per heavy atom. The largest absolute Gasteiger partial charge is 0.428 e. The summed E-state index contributed by atoms with van der Waals surface area (Å²) in [7, 11) is 1.59. The van der Waals surface area contributed by atoms with E-state index in [1.165, 1.54) is 0 Å². The Hall–Kier alpha value is -1.59. The van der Waals surface area contributed by atoms with Gasteiger partial charge in [0.25, 0.3) is 11.3 Å². The Morgan fingerprint density at radius 1 is 1.61 bits per heavy atom. The number of benzene rings is 1. The van der Waals surface area contributed by atoms with Crippen LogP contribution < -0.4 is 5.32 Å². The number of rotatable bonds is 4. The average Bonchev–Trinajstić information content (AvgIpc) is 2.68. The number of fused-ring (bicyclic) bond motifs is 1. The first-order valence-corrected chi connectivity index (χ1v) is 5.84. The first-order chi connectivity index (χ1) is 8.60. The molecule has 1 aromatic heterocycles. The standard InChI is InChI=1S/C12H13ClN2O3/c1-7(6-17-2)14-11(16)8-3-4-9-10(5-8)18-12(13)15-9/h3-5,7H,6H2,1-2H3,(H,14,16). The fourth-order valence-corrected chi connectivity index (χ4v) is 1.81. The highest BCUT2D eigenvalue weighted by Gasteiger charge is 2.12. The van der Waals surface area contributed by atoms with Crippen LogP contribution >= 0.6 is 11.6 Å². The quantitative estimate of drug-likeness (QED) is 0.924. The van der Waals surface area contributed by atoms with Gasteiger partial charge in [-0.25, -0.2) is 0 Å². The molecule has 0 saturated carbocycles. The Morgan fingerprint density at radius 3 is 3.11 bits per heavy atom. The molecular weight excluding hydrogens is 256 g/mol. The number of nitrogens with one attached hydrogen (secondary N) is 1. The van der Waals surface area contributed by atoms with Crippen LogP contribution in [0, 0.1) is 0 Å². The first-order valence-electron chi connectivity index (χ1n) is 5.46. The van der Waals surface area contributed by atoms with Crippen molar-refractivity contribution in [3.8, 4) is 0 Å². The lowest BCUT2D eigenvalue weighted by Crippen LogP contribution is -2.35. The van der Waals surface area contributed by atoms with Crippen molar-refractivity contribution in [3.63, 3.8) is 0 Å². The third-order valence-electron chi connectivity index (χ3n) is 2.42. The van der Waals surface area contributed by atoms with Crippen molar-refractivity contribution in [2.45, 2.75) is 13.0 Å². The molecule has 1 unspecified atom stereocenters. The third-order valence-corrected chi connectivity index (χ3v) is 2.58. The lowest BCUT2D eigenvalue weighted by molar-refractivity contribution is 0.0905. The van der Waals surface area contributed by atoms with Crippen LogP contribution in [0.3, 0.4) is 0 Å². The summed E-state index contributed by atoms with van der Waals surface area (Å²) < 4.78 is 10.1. The summed E-state index contributed by atoms with van der Waals surface area (Å²) in [5.74, 6) is -0.186. The number of carbonyl (C=O) groups excluding carboxylic acids is 1. The maximum Gasteiger partial charge on any atom is 0.293 e. The van der Waals surface area contributed by atoms with Crippen LogP contribution in [-0.2, 0) is 4.74 Å². The fraction of sp³-hybridized carbons (Fsp3) is 0.333. The molecule has 96 valence electrons. The molecule has 2 rings (SSSR count). The van der Waals surface area contributed by atoms with Crippen molar-refractivity contribution in [1.82, 2.24) is 10.3 Å². The lowest BCUT2D eigenvalue weighted by Gasteiger charge is -2.12. The van der Waals surface area contributed by atoms with Gasteiger partial charge >= 0.3 is 0 Å². The summed E-state index contributed by atoms with van der Waals surface area (Å²) >= 11 is 5.65. The van der Waals surface area contributed by atoms with E-state index in [9.17, 15) is 4.79 Å². The second kappa shape index (κ2) is 5.37. The van der Waals surface area contributed by atoms with Gasteiger partial charge in [0.15, 0.2) is 5.58 Å². The van der Waals surface area contributed by atoms with Crippen LogP contribution in [0.25, 0.3) is 11.1 Å². The molecule has 0 bridgehead atoms. The van der Waals surface area contributed by atoms with Crippen LogP contribution in [0.2, 0.25) is 5.35 Å². The molecule has 1 amide bonds. The van der Waals surface area contributed by atoms with E-state index < -0.39 is 0 Å². The van der Waals surface area contributed by atoms with E-state index in [2.05, 4.69) is 10.3 Å². The highest BCUT2D eigenvalue weighted by molar-refractivity contribution is 6.28. The van der Waals surface area contributed by atoms with Crippen molar-refractivity contribution >= 4 is 28.6 Å². The zero-order valence-electron chi connectivity index (χ0n) is 10.1. The Labute approximate surface area is 109 Å². The van der Waals surface area contributed by atoms with Gasteiger partial charge in [-0.3, -0.25) is 4.79 Å². The lowest BCUT2D eigenvalue weighted by atomic mass is 10.2. The molecule has 18 heavy (non-hydrogen) atoms. The molecule has 1 atom stereocenters. The van der Waals surface area contributed by atoms with Gasteiger partial charge in [0.1, 0.15) is 5.52 Å². The zero-order chi connectivity index (χ0) is 13.1. The van der Waals surface area contributed by atoms with Crippen LogP contribution in [0.1, 0.15) is 17.3 Å². The normalized spacial score (nSPS) is 12.6. The minimum absolute atomic E-state index is 0.0588. The summed E-state index contributed by atoms with van der Waals surface area (Å²) in [5, 5.41) is 2.87. The SMILES string of the molecule is COCC(C)NC(=O)c1ccc2nc(Cl)oc2c1. The highest BCUT2D eigenvalue weighted by Crippen LogP contribution is 2.20. The van der Waals surface area contributed by atoms with Gasteiger partial charge in [-0.15, -0.1) is 0 Å². The van der Waals surface area contributed by atoms with Gasteiger partial charge in [-0.05, 0) is 36.7 Å². The molecule has 0 aliphatic carbocycles. The second-order valence-corrected chi connectivity index (χ2v) is 4.30. The predicted molar refractivity (Wildman–Crippen MR) is 67.8 cm³/mol. The molecule has 1 aromatic carbocycles. The minimum atomic E-state index is -0.186. The summed E-state index contributed by atoms with van der Waals surface area (Å²) in [6.07, 6.45) is 0. The van der Waals surface area contributed by atoms with Crippen molar-refractivity contribution in [1.29, 1.82) is 0 Å². The summed E-state index contributed by atoms with van der Waals surface area (Å²) in [4.78, 5) is 15.9. The zero-order valence-corrected chi connectivity index (χ0v) is 10.8. The topological polar surface area (TPSA) is 64.4 Å². The van der Waals surface area contributed by atoms with E-state index in [1.54, 1.807) is 25.3 Å². The number of aromatic nitrogens is 1. The third kappa shape index (κ3) is 2.80. The van der Waals surface area contributed by atoms with Crippen LogP contribution in [0.5, 0.6) is 0 Å². The molecule has 0 aliphatic heterocycles. The van der Waals surface area contributed by atoms with Gasteiger partial charge in [0, 0.05) is 18.7 Å². The maximum absolute atomic E-state index is 11.9. The van der Waals surface area contributed by atoms with Crippen LogP contribution in [-0.4, -0.2) is 30.6 Å². The second-order valence-electron chi connectivity index (χ2n) is 3.98. The van der Waals surface area contributed by atoms with Gasteiger partial charge in [-0.1, -0.05) is 0 Å². The first kappa shape index (κ1) is 12.9. The van der Waals surface area contributed by atoms with E-state index in [0.29, 0.717) is 23.3 Å². The molecule has 1 heterocycles. The van der Waals surface area contributed by atoms with Crippen molar-refractivity contribution in [3.05, 3.63) is 29.1 Å². The summed E-state index contributed by atoms with van der Waals surface area (Å²) in [6.45, 7) is 2.33. The van der Waals surface area contributed by atoms with Crippen LogP contribution in [0.4, 0.5) is 0 Å². The Kier molecular flexibility index (Phi) is 3.84. The van der Waals surface area contributed by atoms with E-state index >= 15 is 0 Å². The fourth-order valence-electron chi connectivity index (χ4n) is 1.64. The molecule has 0 spiro atoms. The average molecular weight is 269 g/mol. The number of ether oxygens (including phenoxy) is 1. The van der Waals surface area contributed by atoms with Crippen molar-refractivity contribution in [2.24, 2.45) is 0 Å². The monoisotopic (exact) mass is 268 g/mol. The highest BCUT2D eigenvalue weighted by atomic mass is 35.5. The molecule has 2 aromatic rings.